The summed E-state index contributed by atoms with van der Waals surface area (Å²) in [6.07, 6.45) is 0.775. The third-order valence-corrected chi connectivity index (χ3v) is 4.44. The van der Waals surface area contributed by atoms with Gasteiger partial charge in [0.2, 0.25) is 0 Å². The number of likely N-dealkylation sites (tertiary alicyclic amines) is 1. The van der Waals surface area contributed by atoms with Gasteiger partial charge in [0, 0.05) is 31.4 Å². The second-order valence-electron chi connectivity index (χ2n) is 5.19. The van der Waals surface area contributed by atoms with Crippen LogP contribution in [-0.4, -0.2) is 57.8 Å². The van der Waals surface area contributed by atoms with E-state index in [0.29, 0.717) is 37.5 Å². The molecule has 0 spiro atoms. The molecular formula is C13H19N3O4S. The molecule has 0 aliphatic carbocycles. The van der Waals surface area contributed by atoms with Crippen LogP contribution in [0.5, 0.6) is 0 Å². The molecule has 0 radical (unpaired) electrons. The van der Waals surface area contributed by atoms with Gasteiger partial charge in [0.15, 0.2) is 5.69 Å². The Morgan fingerprint density at radius 1 is 1.57 bits per heavy atom. The van der Waals surface area contributed by atoms with E-state index < -0.39 is 5.97 Å². The summed E-state index contributed by atoms with van der Waals surface area (Å²) in [6.45, 7) is 3.44. The number of rotatable bonds is 4. The number of carbonyl (C=O) groups is 2. The number of hydrogen-bond acceptors (Lipinski definition) is 5. The molecule has 1 fully saturated rings. The van der Waals surface area contributed by atoms with Crippen molar-refractivity contribution in [3.8, 4) is 0 Å². The van der Waals surface area contributed by atoms with Gasteiger partial charge < -0.3 is 20.4 Å². The number of aromatic carboxylic acids is 1. The van der Waals surface area contributed by atoms with Crippen LogP contribution >= 0.6 is 11.3 Å². The smallest absolute Gasteiger partial charge is 0.355 e. The van der Waals surface area contributed by atoms with Gasteiger partial charge in [-0.3, -0.25) is 0 Å². The number of thiazole rings is 1. The Bertz CT molecular complexity index is 519. The van der Waals surface area contributed by atoms with Crippen LogP contribution in [0.4, 0.5) is 4.79 Å². The van der Waals surface area contributed by atoms with Crippen molar-refractivity contribution in [2.24, 2.45) is 5.92 Å². The lowest BCUT2D eigenvalue weighted by Gasteiger charge is -2.34. The fourth-order valence-electron chi connectivity index (χ4n) is 2.23. The number of piperidine rings is 1. The van der Waals surface area contributed by atoms with Crippen molar-refractivity contribution in [3.63, 3.8) is 0 Å². The summed E-state index contributed by atoms with van der Waals surface area (Å²) in [5.41, 5.74) is 0.0418. The Morgan fingerprint density at radius 3 is 2.95 bits per heavy atom. The van der Waals surface area contributed by atoms with Crippen LogP contribution in [-0.2, 0) is 6.42 Å². The Hall–Kier alpha value is -1.67. The molecule has 0 aromatic carbocycles. The lowest BCUT2D eigenvalue weighted by molar-refractivity contribution is 0.0481. The van der Waals surface area contributed by atoms with Gasteiger partial charge in [0.05, 0.1) is 11.1 Å². The molecule has 2 unspecified atom stereocenters. The summed E-state index contributed by atoms with van der Waals surface area (Å²) in [4.78, 5) is 28.3. The highest BCUT2D eigenvalue weighted by molar-refractivity contribution is 7.09. The number of nitrogens with one attached hydrogen (secondary N) is 1. The monoisotopic (exact) mass is 313 g/mol. The first-order chi connectivity index (χ1) is 9.97. The van der Waals surface area contributed by atoms with Crippen LogP contribution in [0.2, 0.25) is 0 Å². The predicted molar refractivity (Wildman–Crippen MR) is 77.5 cm³/mol. The number of aliphatic hydroxyl groups excluding tert-OH is 1. The minimum atomic E-state index is -1.04. The van der Waals surface area contributed by atoms with E-state index >= 15 is 0 Å². The van der Waals surface area contributed by atoms with E-state index in [2.05, 4.69) is 10.3 Å². The highest BCUT2D eigenvalue weighted by Crippen LogP contribution is 2.16. The third kappa shape index (κ3) is 4.15. The van der Waals surface area contributed by atoms with Gasteiger partial charge in [-0.25, -0.2) is 14.6 Å². The standard InChI is InChI=1S/C13H19N3O4S/c1-8-6-16(5-3-10(8)17)13(20)14-4-2-11-15-9(7-21-11)12(18)19/h7-8,10,17H,2-6H2,1H3,(H,14,20)(H,18,19). The predicted octanol–water partition coefficient (Wildman–Crippen LogP) is 0.796. The largest absolute Gasteiger partial charge is 0.476 e. The molecule has 0 bridgehead atoms. The number of hydrogen-bond donors (Lipinski definition) is 3. The maximum atomic E-state index is 12.0. The number of aliphatic hydroxyl groups is 1. The van der Waals surface area contributed by atoms with Crippen molar-refractivity contribution in [1.82, 2.24) is 15.2 Å². The first kappa shape index (κ1) is 15.7. The van der Waals surface area contributed by atoms with Gasteiger partial charge in [0.1, 0.15) is 0 Å². The van der Waals surface area contributed by atoms with E-state index in [1.807, 2.05) is 6.92 Å². The molecule has 0 saturated carbocycles. The van der Waals surface area contributed by atoms with Crippen molar-refractivity contribution in [3.05, 3.63) is 16.1 Å². The molecule has 2 amide bonds. The SMILES string of the molecule is CC1CN(C(=O)NCCc2nc(C(=O)O)cs2)CCC1O. The Balaban J connectivity index is 1.75. The number of carboxylic acids is 1. The molecule has 3 N–H and O–H groups in total. The summed E-state index contributed by atoms with van der Waals surface area (Å²) in [6, 6.07) is -0.149. The van der Waals surface area contributed by atoms with E-state index in [1.54, 1.807) is 4.90 Å². The van der Waals surface area contributed by atoms with Crippen LogP contribution in [0.1, 0.15) is 28.8 Å². The van der Waals surface area contributed by atoms with Gasteiger partial charge in [0.25, 0.3) is 0 Å². The van der Waals surface area contributed by atoms with E-state index in [1.165, 1.54) is 16.7 Å². The number of carboxylic acid groups (broad SMARTS) is 1. The van der Waals surface area contributed by atoms with E-state index in [-0.39, 0.29) is 23.7 Å². The van der Waals surface area contributed by atoms with Crippen LogP contribution in [0.25, 0.3) is 0 Å². The molecule has 1 saturated heterocycles. The Kier molecular flexibility index (Phi) is 5.13. The third-order valence-electron chi connectivity index (χ3n) is 3.53. The maximum absolute atomic E-state index is 12.0. The van der Waals surface area contributed by atoms with Crippen LogP contribution in [0, 0.1) is 5.92 Å². The molecule has 116 valence electrons. The van der Waals surface area contributed by atoms with Crippen LogP contribution < -0.4 is 5.32 Å². The van der Waals surface area contributed by atoms with Crippen molar-refractivity contribution < 1.29 is 19.8 Å². The molecule has 2 rings (SSSR count). The van der Waals surface area contributed by atoms with Gasteiger partial charge in [-0.2, -0.15) is 0 Å². The number of aromatic nitrogens is 1. The van der Waals surface area contributed by atoms with E-state index in [0.717, 1.165) is 0 Å². The van der Waals surface area contributed by atoms with Gasteiger partial charge in [-0.15, -0.1) is 11.3 Å². The zero-order valence-corrected chi connectivity index (χ0v) is 12.6. The van der Waals surface area contributed by atoms with Crippen molar-refractivity contribution in [1.29, 1.82) is 0 Å². The molecule has 2 heterocycles. The first-order valence-electron chi connectivity index (χ1n) is 6.86. The fourth-order valence-corrected chi connectivity index (χ4v) is 3.00. The number of amides is 2. The molecule has 7 nitrogen and oxygen atoms in total. The lowest BCUT2D eigenvalue weighted by atomic mass is 9.97. The minimum absolute atomic E-state index is 0.0418. The first-order valence-corrected chi connectivity index (χ1v) is 7.74. The average molecular weight is 313 g/mol. The quantitative estimate of drug-likeness (QED) is 0.763. The molecule has 8 heteroatoms. The summed E-state index contributed by atoms with van der Waals surface area (Å²) in [5, 5.41) is 23.4. The summed E-state index contributed by atoms with van der Waals surface area (Å²) >= 11 is 1.28. The van der Waals surface area contributed by atoms with Crippen LogP contribution in [0.15, 0.2) is 5.38 Å². The molecule has 1 aliphatic heterocycles. The zero-order valence-electron chi connectivity index (χ0n) is 11.8. The Labute approximate surface area is 126 Å². The van der Waals surface area contributed by atoms with E-state index in [4.69, 9.17) is 5.11 Å². The van der Waals surface area contributed by atoms with Gasteiger partial charge in [-0.05, 0) is 12.3 Å². The highest BCUT2D eigenvalue weighted by atomic mass is 32.1. The number of urea groups is 1. The number of carbonyl (C=O) groups excluding carboxylic acids is 1. The summed E-state index contributed by atoms with van der Waals surface area (Å²) < 4.78 is 0. The van der Waals surface area contributed by atoms with E-state index in [9.17, 15) is 14.7 Å². The topological polar surface area (TPSA) is 103 Å². The molecule has 1 aromatic heterocycles. The molecule has 1 aliphatic rings. The van der Waals surface area contributed by atoms with Crippen molar-refractivity contribution >= 4 is 23.3 Å². The molecule has 1 aromatic rings. The van der Waals surface area contributed by atoms with Crippen molar-refractivity contribution in [2.45, 2.75) is 25.9 Å². The highest BCUT2D eigenvalue weighted by Gasteiger charge is 2.26. The maximum Gasteiger partial charge on any atom is 0.355 e. The summed E-state index contributed by atoms with van der Waals surface area (Å²) in [5.74, 6) is -0.955. The number of nitrogens with zero attached hydrogens (tertiary/aromatic N) is 2. The van der Waals surface area contributed by atoms with Gasteiger partial charge in [-0.1, -0.05) is 6.92 Å². The molecular weight excluding hydrogens is 294 g/mol. The lowest BCUT2D eigenvalue weighted by Crippen LogP contribution is -2.49. The van der Waals surface area contributed by atoms with Gasteiger partial charge >= 0.3 is 12.0 Å². The van der Waals surface area contributed by atoms with Crippen molar-refractivity contribution in [2.75, 3.05) is 19.6 Å². The summed E-state index contributed by atoms with van der Waals surface area (Å²) in [7, 11) is 0. The Morgan fingerprint density at radius 2 is 2.33 bits per heavy atom. The minimum Gasteiger partial charge on any atom is -0.476 e. The fraction of sp³-hybridized carbons (Fsp3) is 0.615. The molecule has 2 atom stereocenters. The second-order valence-corrected chi connectivity index (χ2v) is 6.14. The average Bonchev–Trinajstić information content (AvgIpc) is 2.91. The van der Waals surface area contributed by atoms with Crippen LogP contribution in [0.3, 0.4) is 0 Å². The molecule has 21 heavy (non-hydrogen) atoms. The normalized spacial score (nSPS) is 22.1. The zero-order chi connectivity index (χ0) is 15.4. The second kappa shape index (κ2) is 6.86.